The van der Waals surface area contributed by atoms with Gasteiger partial charge in [-0.2, -0.15) is 13.2 Å². The van der Waals surface area contributed by atoms with Gasteiger partial charge in [0.1, 0.15) is 12.2 Å². The molecule has 1 aliphatic rings. The molecule has 2 aromatic heterocycles. The van der Waals surface area contributed by atoms with E-state index in [2.05, 4.69) is 20.0 Å². The molecule has 0 saturated carbocycles. The van der Waals surface area contributed by atoms with Crippen molar-refractivity contribution in [2.75, 3.05) is 11.4 Å². The van der Waals surface area contributed by atoms with E-state index in [0.717, 1.165) is 4.90 Å². The van der Waals surface area contributed by atoms with Crippen molar-refractivity contribution in [3.05, 3.63) is 66.0 Å². The molecule has 0 spiro atoms. The summed E-state index contributed by atoms with van der Waals surface area (Å²) in [5, 5.41) is 7.77. The van der Waals surface area contributed by atoms with Crippen LogP contribution in [0.3, 0.4) is 0 Å². The minimum Gasteiger partial charge on any atom is -0.322 e. The summed E-state index contributed by atoms with van der Waals surface area (Å²) in [5.74, 6) is -0.581. The predicted molar refractivity (Wildman–Crippen MR) is 101 cm³/mol. The molecule has 3 heterocycles. The first kappa shape index (κ1) is 18.9. The number of hydrogen-bond acceptors (Lipinski definition) is 4. The van der Waals surface area contributed by atoms with E-state index < -0.39 is 24.3 Å². The van der Waals surface area contributed by atoms with Crippen LogP contribution in [0.15, 0.2) is 42.9 Å². The van der Waals surface area contributed by atoms with Crippen LogP contribution in [-0.2, 0) is 7.05 Å². The molecule has 3 aromatic rings. The summed E-state index contributed by atoms with van der Waals surface area (Å²) in [6.45, 7) is 7.50. The number of aromatic nitrogens is 4. The Bertz CT molecular complexity index is 1070. The summed E-state index contributed by atoms with van der Waals surface area (Å²) in [4.78, 5) is 8.05. The maximum Gasteiger partial charge on any atom is 0.325 e. The molecule has 1 unspecified atom stereocenters. The fourth-order valence-corrected chi connectivity index (χ4v) is 3.79. The Labute approximate surface area is 165 Å². The van der Waals surface area contributed by atoms with E-state index >= 15 is 8.78 Å². The van der Waals surface area contributed by atoms with Crippen molar-refractivity contribution in [2.24, 2.45) is 7.05 Å². The summed E-state index contributed by atoms with van der Waals surface area (Å²) in [6, 6.07) is 4.22. The molecule has 1 aliphatic heterocycles. The Kier molecular flexibility index (Phi) is 4.70. The van der Waals surface area contributed by atoms with Gasteiger partial charge in [0.05, 0.1) is 12.3 Å². The molecule has 1 fully saturated rings. The zero-order valence-electron chi connectivity index (χ0n) is 15.6. The van der Waals surface area contributed by atoms with Crippen LogP contribution >= 0.6 is 0 Å². The Hall–Kier alpha value is -3.41. The van der Waals surface area contributed by atoms with Crippen molar-refractivity contribution < 1.29 is 13.2 Å². The maximum atomic E-state index is 15.3. The number of benzene rings is 1. The third-order valence-corrected chi connectivity index (χ3v) is 5.14. The summed E-state index contributed by atoms with van der Waals surface area (Å²) in [5.41, 5.74) is 1.14. The van der Waals surface area contributed by atoms with Crippen LogP contribution in [0.5, 0.6) is 0 Å². The van der Waals surface area contributed by atoms with Crippen molar-refractivity contribution in [3.8, 4) is 11.1 Å². The number of hydrogen-bond donors (Lipinski definition) is 0. The Morgan fingerprint density at radius 1 is 1.24 bits per heavy atom. The first-order valence-corrected chi connectivity index (χ1v) is 9.02. The smallest absolute Gasteiger partial charge is 0.322 e. The van der Waals surface area contributed by atoms with Gasteiger partial charge in [0.15, 0.2) is 0 Å². The van der Waals surface area contributed by atoms with Crippen LogP contribution < -0.4 is 4.90 Å². The van der Waals surface area contributed by atoms with Crippen molar-refractivity contribution >= 4 is 11.4 Å². The van der Waals surface area contributed by atoms with Crippen molar-refractivity contribution in [1.29, 1.82) is 0 Å². The zero-order valence-corrected chi connectivity index (χ0v) is 15.6. The highest BCUT2D eigenvalue weighted by molar-refractivity contribution is 5.88. The van der Waals surface area contributed by atoms with Crippen molar-refractivity contribution in [2.45, 2.75) is 24.8 Å². The summed E-state index contributed by atoms with van der Waals surface area (Å²) >= 11 is 0. The Morgan fingerprint density at radius 3 is 2.69 bits per heavy atom. The second-order valence-corrected chi connectivity index (χ2v) is 6.96. The highest BCUT2D eigenvalue weighted by Gasteiger charge is 2.46. The van der Waals surface area contributed by atoms with E-state index in [4.69, 9.17) is 6.57 Å². The number of aryl methyl sites for hydroxylation is 1. The Balaban J connectivity index is 1.76. The third kappa shape index (κ3) is 3.42. The van der Waals surface area contributed by atoms with E-state index in [-0.39, 0.29) is 17.9 Å². The zero-order chi connectivity index (χ0) is 20.6. The molecule has 1 aromatic carbocycles. The van der Waals surface area contributed by atoms with E-state index in [1.165, 1.54) is 30.7 Å². The molecule has 0 bridgehead atoms. The molecule has 0 N–H and O–H groups in total. The van der Waals surface area contributed by atoms with Crippen LogP contribution in [0.2, 0.25) is 0 Å². The Morgan fingerprint density at radius 2 is 2.07 bits per heavy atom. The molecule has 6 nitrogen and oxygen atoms in total. The number of piperidine rings is 1. The van der Waals surface area contributed by atoms with Crippen LogP contribution in [0.25, 0.3) is 16.0 Å². The molecule has 148 valence electrons. The number of nitrogens with zero attached hydrogens (tertiary/aromatic N) is 6. The lowest BCUT2D eigenvalue weighted by atomic mass is 9.92. The average molecular weight is 398 g/mol. The van der Waals surface area contributed by atoms with E-state index in [0.29, 0.717) is 23.4 Å². The predicted octanol–water partition coefficient (Wildman–Crippen LogP) is 4.54. The summed E-state index contributed by atoms with van der Waals surface area (Å²) in [7, 11) is 1.73. The van der Waals surface area contributed by atoms with Crippen molar-refractivity contribution in [3.63, 3.8) is 0 Å². The molecular formula is C20H17F3N6. The van der Waals surface area contributed by atoms with E-state index in [1.54, 1.807) is 23.7 Å². The molecule has 0 radical (unpaired) electrons. The van der Waals surface area contributed by atoms with E-state index in [9.17, 15) is 4.39 Å². The molecule has 0 amide bonds. The van der Waals surface area contributed by atoms with Gasteiger partial charge in [-0.3, -0.25) is 0 Å². The molecular weight excluding hydrogens is 381 g/mol. The van der Waals surface area contributed by atoms with Gasteiger partial charge in [-0.1, -0.05) is 18.2 Å². The first-order chi connectivity index (χ1) is 13.9. The lowest BCUT2D eigenvalue weighted by molar-refractivity contribution is -0.0326. The number of rotatable bonds is 3. The van der Waals surface area contributed by atoms with Crippen LogP contribution in [0, 0.1) is 12.5 Å². The highest BCUT2D eigenvalue weighted by Crippen LogP contribution is 2.48. The second-order valence-electron chi connectivity index (χ2n) is 6.96. The van der Waals surface area contributed by atoms with Gasteiger partial charge in [0, 0.05) is 37.7 Å². The van der Waals surface area contributed by atoms with E-state index in [1.807, 2.05) is 0 Å². The molecule has 1 atom stereocenters. The largest absolute Gasteiger partial charge is 0.325 e. The number of anilines is 1. The SMILES string of the molecule is [C-]#[N+]c1cccc(-c2ccc(F)nc2)c1N1CCC(c2nncn2C)CC1(F)F. The number of alkyl halides is 2. The third-order valence-electron chi connectivity index (χ3n) is 5.14. The minimum atomic E-state index is -3.20. The lowest BCUT2D eigenvalue weighted by Gasteiger charge is -2.41. The lowest BCUT2D eigenvalue weighted by Crippen LogP contribution is -2.48. The average Bonchev–Trinajstić information content (AvgIpc) is 3.13. The number of pyridine rings is 1. The normalized spacial score (nSPS) is 18.4. The molecule has 4 rings (SSSR count). The van der Waals surface area contributed by atoms with Gasteiger partial charge < -0.3 is 9.47 Å². The second kappa shape index (κ2) is 7.20. The van der Waals surface area contributed by atoms with Gasteiger partial charge >= 0.3 is 6.05 Å². The number of halogens is 3. The van der Waals surface area contributed by atoms with Crippen molar-refractivity contribution in [1.82, 2.24) is 19.7 Å². The maximum absolute atomic E-state index is 15.3. The van der Waals surface area contributed by atoms with Crippen LogP contribution in [-0.4, -0.2) is 32.3 Å². The summed E-state index contributed by atoms with van der Waals surface area (Å²) < 4.78 is 45.5. The molecule has 29 heavy (non-hydrogen) atoms. The quantitative estimate of drug-likeness (QED) is 0.369. The number of para-hydroxylation sites is 1. The molecule has 0 aliphatic carbocycles. The van der Waals surface area contributed by atoms with Crippen LogP contribution in [0.1, 0.15) is 24.6 Å². The fourth-order valence-electron chi connectivity index (χ4n) is 3.79. The minimum absolute atomic E-state index is 0.0404. The van der Waals surface area contributed by atoms with Gasteiger partial charge in [0.2, 0.25) is 11.6 Å². The van der Waals surface area contributed by atoms with Gasteiger partial charge in [-0.15, -0.1) is 10.2 Å². The van der Waals surface area contributed by atoms with Gasteiger partial charge in [-0.05, 0) is 24.1 Å². The molecule has 1 saturated heterocycles. The topological polar surface area (TPSA) is 51.2 Å². The summed E-state index contributed by atoms with van der Waals surface area (Å²) in [6.07, 6.45) is 2.78. The standard InChI is InChI=1S/C20H17F3N6/c1-24-16-5-3-4-15(14-6-7-17(21)25-11-14)18(16)29-9-8-13(10-20(29,22)23)19-27-26-12-28(19)2/h3-7,11-13H,8-10H2,2H3. The highest BCUT2D eigenvalue weighted by atomic mass is 19.3. The first-order valence-electron chi connectivity index (χ1n) is 9.02. The monoisotopic (exact) mass is 398 g/mol. The van der Waals surface area contributed by atoms with Gasteiger partial charge in [0.25, 0.3) is 0 Å². The fraction of sp³-hybridized carbons (Fsp3) is 0.300. The molecule has 9 heteroatoms. The van der Waals surface area contributed by atoms with Crippen LogP contribution in [0.4, 0.5) is 24.5 Å². The van der Waals surface area contributed by atoms with Gasteiger partial charge in [-0.25, -0.2) is 9.83 Å².